The molecule has 144 valence electrons. The first-order valence-electron chi connectivity index (χ1n) is 8.88. The summed E-state index contributed by atoms with van der Waals surface area (Å²) in [6.07, 6.45) is 0. The monoisotopic (exact) mass is 395 g/mol. The van der Waals surface area contributed by atoms with E-state index >= 15 is 0 Å². The lowest BCUT2D eigenvalue weighted by molar-refractivity contribution is 0.0734. The van der Waals surface area contributed by atoms with Crippen LogP contribution in [0.25, 0.3) is 0 Å². The SMILES string of the molecule is CCN(c1ccccc1)S(=O)(=O)c1ccc(OC(=O)c2ccc(C)cc2)cc1. The van der Waals surface area contributed by atoms with Crippen LogP contribution in [0.15, 0.2) is 83.8 Å². The summed E-state index contributed by atoms with van der Waals surface area (Å²) in [5.74, 6) is -0.206. The molecule has 0 unspecified atom stereocenters. The first-order valence-corrected chi connectivity index (χ1v) is 10.3. The standard InChI is InChI=1S/C22H21NO4S/c1-3-23(19-7-5-4-6-8-19)28(25,26)21-15-13-20(14-16-21)27-22(24)18-11-9-17(2)10-12-18/h4-16H,3H2,1-2H3. The van der Waals surface area contributed by atoms with Crippen LogP contribution in [0.4, 0.5) is 5.69 Å². The van der Waals surface area contributed by atoms with Gasteiger partial charge in [0.1, 0.15) is 5.75 Å². The van der Waals surface area contributed by atoms with Gasteiger partial charge >= 0.3 is 5.97 Å². The van der Waals surface area contributed by atoms with Gasteiger partial charge in [0.25, 0.3) is 10.0 Å². The highest BCUT2D eigenvalue weighted by Gasteiger charge is 2.23. The van der Waals surface area contributed by atoms with E-state index in [1.807, 2.05) is 25.1 Å². The first kappa shape index (κ1) is 19.6. The van der Waals surface area contributed by atoms with Gasteiger partial charge in [-0.1, -0.05) is 35.9 Å². The van der Waals surface area contributed by atoms with Gasteiger partial charge in [0.15, 0.2) is 0 Å². The summed E-state index contributed by atoms with van der Waals surface area (Å²) in [4.78, 5) is 12.3. The van der Waals surface area contributed by atoms with Crippen molar-refractivity contribution in [3.05, 3.63) is 90.0 Å². The molecule has 0 bridgehead atoms. The molecule has 0 aliphatic carbocycles. The number of ether oxygens (including phenoxy) is 1. The molecule has 3 rings (SSSR count). The number of aryl methyl sites for hydroxylation is 1. The van der Waals surface area contributed by atoms with E-state index in [1.54, 1.807) is 43.3 Å². The molecule has 0 heterocycles. The number of esters is 1. The van der Waals surface area contributed by atoms with Gasteiger partial charge < -0.3 is 4.74 Å². The summed E-state index contributed by atoms with van der Waals surface area (Å²) in [7, 11) is -3.71. The van der Waals surface area contributed by atoms with Crippen molar-refractivity contribution in [3.63, 3.8) is 0 Å². The molecule has 0 aromatic heterocycles. The van der Waals surface area contributed by atoms with Crippen LogP contribution in [0.3, 0.4) is 0 Å². The number of carbonyl (C=O) groups excluding carboxylic acids is 1. The lowest BCUT2D eigenvalue weighted by Crippen LogP contribution is -2.30. The Morgan fingerprint density at radius 3 is 2.07 bits per heavy atom. The summed E-state index contributed by atoms with van der Waals surface area (Å²) in [5.41, 5.74) is 2.08. The van der Waals surface area contributed by atoms with Gasteiger partial charge in [0.05, 0.1) is 16.1 Å². The summed E-state index contributed by atoms with van der Waals surface area (Å²) < 4.78 is 32.6. The summed E-state index contributed by atoms with van der Waals surface area (Å²) in [6, 6.07) is 21.8. The number of anilines is 1. The van der Waals surface area contributed by atoms with E-state index in [0.29, 0.717) is 17.8 Å². The highest BCUT2D eigenvalue weighted by molar-refractivity contribution is 7.92. The average molecular weight is 395 g/mol. The molecule has 5 nitrogen and oxygen atoms in total. The molecule has 0 radical (unpaired) electrons. The molecule has 3 aromatic rings. The van der Waals surface area contributed by atoms with Gasteiger partial charge in [-0.3, -0.25) is 4.31 Å². The second-order valence-corrected chi connectivity index (χ2v) is 8.09. The van der Waals surface area contributed by atoms with E-state index < -0.39 is 16.0 Å². The third-order valence-corrected chi connectivity index (χ3v) is 6.16. The maximum atomic E-state index is 13.0. The van der Waals surface area contributed by atoms with Crippen LogP contribution in [-0.2, 0) is 10.0 Å². The Bertz CT molecular complexity index is 1040. The second kappa shape index (κ2) is 8.27. The summed E-state index contributed by atoms with van der Waals surface area (Å²) in [6.45, 7) is 4.02. The summed E-state index contributed by atoms with van der Waals surface area (Å²) >= 11 is 0. The summed E-state index contributed by atoms with van der Waals surface area (Å²) in [5, 5.41) is 0. The zero-order chi connectivity index (χ0) is 20.1. The molecule has 0 atom stereocenters. The Labute approximate surface area is 165 Å². The maximum Gasteiger partial charge on any atom is 0.343 e. The van der Waals surface area contributed by atoms with E-state index in [4.69, 9.17) is 4.74 Å². The van der Waals surface area contributed by atoms with Crippen LogP contribution in [0.5, 0.6) is 5.75 Å². The quantitative estimate of drug-likeness (QED) is 0.458. The zero-order valence-corrected chi connectivity index (χ0v) is 16.5. The van der Waals surface area contributed by atoms with Crippen molar-refractivity contribution in [1.29, 1.82) is 0 Å². The molecule has 0 saturated carbocycles. The van der Waals surface area contributed by atoms with E-state index in [1.165, 1.54) is 28.6 Å². The normalized spacial score (nSPS) is 11.1. The predicted octanol–water partition coefficient (Wildman–Crippen LogP) is 4.43. The number of rotatable bonds is 6. The van der Waals surface area contributed by atoms with Crippen LogP contribution in [-0.4, -0.2) is 20.9 Å². The molecule has 6 heteroatoms. The Hall–Kier alpha value is -3.12. The number of hydrogen-bond acceptors (Lipinski definition) is 4. The zero-order valence-electron chi connectivity index (χ0n) is 15.7. The fourth-order valence-electron chi connectivity index (χ4n) is 2.75. The van der Waals surface area contributed by atoms with E-state index in [0.717, 1.165) is 5.56 Å². The van der Waals surface area contributed by atoms with E-state index in [9.17, 15) is 13.2 Å². The minimum atomic E-state index is -3.71. The van der Waals surface area contributed by atoms with Crippen molar-refractivity contribution in [2.24, 2.45) is 0 Å². The number of hydrogen-bond donors (Lipinski definition) is 0. The fourth-order valence-corrected chi connectivity index (χ4v) is 4.22. The van der Waals surface area contributed by atoms with Crippen LogP contribution in [0.2, 0.25) is 0 Å². The van der Waals surface area contributed by atoms with E-state index in [-0.39, 0.29) is 10.6 Å². The van der Waals surface area contributed by atoms with Crippen molar-refractivity contribution in [2.45, 2.75) is 18.7 Å². The first-order chi connectivity index (χ1) is 13.4. The molecule has 28 heavy (non-hydrogen) atoms. The van der Waals surface area contributed by atoms with Crippen LogP contribution in [0, 0.1) is 6.92 Å². The van der Waals surface area contributed by atoms with Crippen LogP contribution >= 0.6 is 0 Å². The minimum absolute atomic E-state index is 0.133. The van der Waals surface area contributed by atoms with Gasteiger partial charge in [-0.15, -0.1) is 0 Å². The molecule has 0 aliphatic heterocycles. The topological polar surface area (TPSA) is 63.7 Å². The second-order valence-electron chi connectivity index (χ2n) is 6.23. The average Bonchev–Trinajstić information content (AvgIpc) is 2.70. The molecular formula is C22H21NO4S. The van der Waals surface area contributed by atoms with Gasteiger partial charge in [-0.2, -0.15) is 0 Å². The van der Waals surface area contributed by atoms with Crippen LogP contribution < -0.4 is 9.04 Å². The largest absolute Gasteiger partial charge is 0.423 e. The Morgan fingerprint density at radius 2 is 1.50 bits per heavy atom. The number of para-hydroxylation sites is 1. The highest BCUT2D eigenvalue weighted by atomic mass is 32.2. The van der Waals surface area contributed by atoms with Gasteiger partial charge in [0, 0.05) is 6.54 Å². The fraction of sp³-hybridized carbons (Fsp3) is 0.136. The smallest absolute Gasteiger partial charge is 0.343 e. The molecule has 0 saturated heterocycles. The molecule has 0 fully saturated rings. The molecule has 0 N–H and O–H groups in total. The number of nitrogens with zero attached hydrogens (tertiary/aromatic N) is 1. The van der Waals surface area contributed by atoms with Crippen molar-refractivity contribution in [2.75, 3.05) is 10.8 Å². The van der Waals surface area contributed by atoms with E-state index in [2.05, 4.69) is 0 Å². The van der Waals surface area contributed by atoms with Crippen LogP contribution in [0.1, 0.15) is 22.8 Å². The lowest BCUT2D eigenvalue weighted by atomic mass is 10.1. The predicted molar refractivity (Wildman–Crippen MR) is 109 cm³/mol. The van der Waals surface area contributed by atoms with Crippen molar-refractivity contribution >= 4 is 21.7 Å². The number of benzene rings is 3. The van der Waals surface area contributed by atoms with Gasteiger partial charge in [-0.05, 0) is 62.4 Å². The Kier molecular flexibility index (Phi) is 5.80. The van der Waals surface area contributed by atoms with Crippen molar-refractivity contribution in [1.82, 2.24) is 0 Å². The van der Waals surface area contributed by atoms with Gasteiger partial charge in [0.2, 0.25) is 0 Å². The Balaban J connectivity index is 1.79. The molecule has 0 amide bonds. The highest BCUT2D eigenvalue weighted by Crippen LogP contribution is 2.25. The molecule has 0 spiro atoms. The molecular weight excluding hydrogens is 374 g/mol. The van der Waals surface area contributed by atoms with Gasteiger partial charge in [-0.25, -0.2) is 13.2 Å². The minimum Gasteiger partial charge on any atom is -0.423 e. The van der Waals surface area contributed by atoms with Crippen molar-refractivity contribution in [3.8, 4) is 5.75 Å². The number of carbonyl (C=O) groups is 1. The maximum absolute atomic E-state index is 13.0. The third-order valence-electron chi connectivity index (χ3n) is 4.24. The third kappa shape index (κ3) is 4.23. The van der Waals surface area contributed by atoms with Crippen molar-refractivity contribution < 1.29 is 17.9 Å². The number of sulfonamides is 1. The lowest BCUT2D eigenvalue weighted by Gasteiger charge is -2.22. The Morgan fingerprint density at radius 1 is 0.893 bits per heavy atom. The molecule has 3 aromatic carbocycles. The molecule has 0 aliphatic rings.